The minimum atomic E-state index is -0.661. The molecule has 2 unspecified atom stereocenters. The number of hydrogen-bond donors (Lipinski definition) is 3. The van der Waals surface area contributed by atoms with Crippen LogP contribution in [0.5, 0.6) is 0 Å². The zero-order valence-corrected chi connectivity index (χ0v) is 53.9. The zero-order chi connectivity index (χ0) is 57.1. The smallest absolute Gasteiger partial charge is 0.305 e. The van der Waals surface area contributed by atoms with Crippen molar-refractivity contribution in [2.24, 2.45) is 0 Å². The summed E-state index contributed by atoms with van der Waals surface area (Å²) in [5, 5.41) is 23.4. The molecule has 0 aliphatic heterocycles. The van der Waals surface area contributed by atoms with Crippen LogP contribution in [-0.4, -0.2) is 47.4 Å². The van der Waals surface area contributed by atoms with Crippen molar-refractivity contribution in [1.82, 2.24) is 5.32 Å². The molecule has 0 saturated carbocycles. The van der Waals surface area contributed by atoms with E-state index >= 15 is 0 Å². The van der Waals surface area contributed by atoms with Gasteiger partial charge in [-0.3, -0.25) is 9.59 Å². The molecule has 2 atom stereocenters. The molecule has 0 aromatic carbocycles. The summed E-state index contributed by atoms with van der Waals surface area (Å²) in [7, 11) is 0. The molecule has 0 saturated heterocycles. The predicted octanol–water partition coefficient (Wildman–Crippen LogP) is 23.5. The van der Waals surface area contributed by atoms with Crippen LogP contribution in [0.25, 0.3) is 0 Å². The fraction of sp³-hybridized carbons (Fsp3) is 0.945. The lowest BCUT2D eigenvalue weighted by Crippen LogP contribution is -2.45. The third-order valence-electron chi connectivity index (χ3n) is 17.3. The van der Waals surface area contributed by atoms with Crippen LogP contribution >= 0.6 is 0 Å². The Morgan fingerprint density at radius 1 is 0.342 bits per heavy atom. The van der Waals surface area contributed by atoms with Gasteiger partial charge in [0, 0.05) is 12.8 Å². The number of allylic oxidation sites excluding steroid dienone is 2. The normalized spacial score (nSPS) is 12.5. The summed E-state index contributed by atoms with van der Waals surface area (Å²) in [5.74, 6) is -0.0110. The summed E-state index contributed by atoms with van der Waals surface area (Å²) in [4.78, 5) is 24.6. The molecule has 470 valence electrons. The average molecular weight is 1110 g/mol. The van der Waals surface area contributed by atoms with Crippen LogP contribution in [0.4, 0.5) is 0 Å². The Balaban J connectivity index is 3.32. The van der Waals surface area contributed by atoms with Gasteiger partial charge in [-0.25, -0.2) is 0 Å². The monoisotopic (exact) mass is 1110 g/mol. The summed E-state index contributed by atoms with van der Waals surface area (Å²) >= 11 is 0. The van der Waals surface area contributed by atoms with Crippen LogP contribution in [0.1, 0.15) is 418 Å². The molecule has 0 aliphatic rings. The van der Waals surface area contributed by atoms with Gasteiger partial charge in [0.15, 0.2) is 0 Å². The minimum Gasteiger partial charge on any atom is -0.466 e. The SMILES string of the molecule is CCCCCCCCC/C=C\CCCCCCCCCC(=O)OCCCCCCCCCCCCCCCCCCCCCCCCCCCCCCC(=O)NC(CO)C(O)CCCCCCCCCCCCCCCCCC. The molecule has 79 heavy (non-hydrogen) atoms. The third-order valence-corrected chi connectivity index (χ3v) is 17.3. The van der Waals surface area contributed by atoms with E-state index in [0.717, 1.165) is 44.9 Å². The lowest BCUT2D eigenvalue weighted by molar-refractivity contribution is -0.143. The van der Waals surface area contributed by atoms with E-state index in [1.807, 2.05) is 0 Å². The van der Waals surface area contributed by atoms with E-state index in [1.54, 1.807) is 0 Å². The predicted molar refractivity (Wildman–Crippen MR) is 347 cm³/mol. The van der Waals surface area contributed by atoms with Crippen LogP contribution in [0, 0.1) is 0 Å². The molecule has 0 aliphatic carbocycles. The number of hydrogen-bond acceptors (Lipinski definition) is 5. The molecule has 0 spiro atoms. The van der Waals surface area contributed by atoms with E-state index in [-0.39, 0.29) is 18.5 Å². The Bertz CT molecular complexity index is 1190. The standard InChI is InChI=1S/C73H143NO5/c1-3-5-7-9-11-13-15-17-19-21-35-39-43-47-51-55-59-63-67-73(78)79-68-64-60-56-52-48-44-40-36-33-31-29-27-25-23-22-24-26-28-30-32-34-38-42-46-50-54-58-62-66-72(77)74-70(69-75)71(76)65-61-57-53-49-45-41-37-20-18-16-14-12-10-8-6-4-2/h19,21,70-71,75-76H,3-18,20,22-69H2,1-2H3,(H,74,77)/b21-19-. The first-order valence-electron chi connectivity index (χ1n) is 36.4. The maximum absolute atomic E-state index is 12.5. The first kappa shape index (κ1) is 77.6. The summed E-state index contributed by atoms with van der Waals surface area (Å²) in [6.45, 7) is 4.99. The molecular weight excluding hydrogens is 971 g/mol. The number of rotatable bonds is 69. The molecular formula is C73H143NO5. The van der Waals surface area contributed by atoms with Gasteiger partial charge >= 0.3 is 5.97 Å². The molecule has 0 rings (SSSR count). The van der Waals surface area contributed by atoms with Gasteiger partial charge in [0.1, 0.15) is 0 Å². The Morgan fingerprint density at radius 3 is 0.899 bits per heavy atom. The molecule has 0 aromatic rings. The molecule has 6 heteroatoms. The molecule has 0 bridgehead atoms. The van der Waals surface area contributed by atoms with E-state index < -0.39 is 12.1 Å². The van der Waals surface area contributed by atoms with E-state index in [2.05, 4.69) is 31.3 Å². The van der Waals surface area contributed by atoms with E-state index in [9.17, 15) is 19.8 Å². The molecule has 1 amide bonds. The number of aliphatic hydroxyl groups excluding tert-OH is 2. The number of ether oxygens (including phenoxy) is 1. The molecule has 0 aromatic heterocycles. The molecule has 0 radical (unpaired) electrons. The highest BCUT2D eigenvalue weighted by molar-refractivity contribution is 5.76. The third kappa shape index (κ3) is 65.6. The summed E-state index contributed by atoms with van der Waals surface area (Å²) < 4.78 is 5.51. The van der Waals surface area contributed by atoms with Gasteiger partial charge < -0.3 is 20.3 Å². The highest BCUT2D eigenvalue weighted by atomic mass is 16.5. The first-order chi connectivity index (χ1) is 39.0. The zero-order valence-electron chi connectivity index (χ0n) is 53.9. The number of nitrogens with one attached hydrogen (secondary N) is 1. The highest BCUT2D eigenvalue weighted by Crippen LogP contribution is 2.19. The van der Waals surface area contributed by atoms with Crippen molar-refractivity contribution in [1.29, 1.82) is 0 Å². The second-order valence-corrected chi connectivity index (χ2v) is 25.3. The summed E-state index contributed by atoms with van der Waals surface area (Å²) in [6, 6.07) is -0.538. The average Bonchev–Trinajstić information content (AvgIpc) is 3.45. The second-order valence-electron chi connectivity index (χ2n) is 25.3. The van der Waals surface area contributed by atoms with Gasteiger partial charge in [-0.1, -0.05) is 366 Å². The van der Waals surface area contributed by atoms with Crippen molar-refractivity contribution in [3.05, 3.63) is 12.2 Å². The number of esters is 1. The second kappa shape index (κ2) is 69.1. The Hall–Kier alpha value is -1.40. The number of aliphatic hydroxyl groups is 2. The number of unbranched alkanes of at least 4 members (excludes halogenated alkanes) is 56. The number of carbonyl (C=O) groups excluding carboxylic acids is 2. The largest absolute Gasteiger partial charge is 0.466 e. The lowest BCUT2D eigenvalue weighted by atomic mass is 10.0. The molecule has 3 N–H and O–H groups in total. The lowest BCUT2D eigenvalue weighted by Gasteiger charge is -2.22. The molecule has 0 heterocycles. The first-order valence-corrected chi connectivity index (χ1v) is 36.4. The van der Waals surface area contributed by atoms with Gasteiger partial charge in [-0.2, -0.15) is 0 Å². The van der Waals surface area contributed by atoms with Crippen molar-refractivity contribution >= 4 is 11.9 Å². The van der Waals surface area contributed by atoms with Crippen LogP contribution < -0.4 is 5.32 Å². The van der Waals surface area contributed by atoms with Gasteiger partial charge in [0.2, 0.25) is 5.91 Å². The fourth-order valence-corrected chi connectivity index (χ4v) is 11.8. The van der Waals surface area contributed by atoms with Crippen molar-refractivity contribution < 1.29 is 24.5 Å². The van der Waals surface area contributed by atoms with E-state index in [1.165, 1.54) is 340 Å². The highest BCUT2D eigenvalue weighted by Gasteiger charge is 2.20. The minimum absolute atomic E-state index is 0.0170. The van der Waals surface area contributed by atoms with Gasteiger partial charge in [0.25, 0.3) is 0 Å². The topological polar surface area (TPSA) is 95.9 Å². The molecule has 0 fully saturated rings. The van der Waals surface area contributed by atoms with Gasteiger partial charge in [-0.15, -0.1) is 0 Å². The van der Waals surface area contributed by atoms with E-state index in [4.69, 9.17) is 4.74 Å². The van der Waals surface area contributed by atoms with Gasteiger partial charge in [0.05, 0.1) is 25.4 Å². The maximum atomic E-state index is 12.5. The van der Waals surface area contributed by atoms with Crippen LogP contribution in [0.15, 0.2) is 12.2 Å². The van der Waals surface area contributed by atoms with E-state index in [0.29, 0.717) is 25.9 Å². The maximum Gasteiger partial charge on any atom is 0.305 e. The van der Waals surface area contributed by atoms with Crippen LogP contribution in [0.3, 0.4) is 0 Å². The number of carbonyl (C=O) groups is 2. The Labute approximate surface area is 495 Å². The number of amides is 1. The fourth-order valence-electron chi connectivity index (χ4n) is 11.8. The van der Waals surface area contributed by atoms with Crippen molar-refractivity contribution in [3.63, 3.8) is 0 Å². The van der Waals surface area contributed by atoms with Crippen molar-refractivity contribution in [2.75, 3.05) is 13.2 Å². The van der Waals surface area contributed by atoms with Crippen molar-refractivity contribution in [2.45, 2.75) is 431 Å². The summed E-state index contributed by atoms with van der Waals surface area (Å²) in [5.41, 5.74) is 0. The quantitative estimate of drug-likeness (QED) is 0.0320. The van der Waals surface area contributed by atoms with Gasteiger partial charge in [-0.05, 0) is 51.4 Å². The van der Waals surface area contributed by atoms with Crippen LogP contribution in [-0.2, 0) is 14.3 Å². The molecule has 6 nitrogen and oxygen atoms in total. The Morgan fingerprint density at radius 2 is 0.595 bits per heavy atom. The van der Waals surface area contributed by atoms with Crippen LogP contribution in [0.2, 0.25) is 0 Å². The Kier molecular flexibility index (Phi) is 67.9. The summed E-state index contributed by atoms with van der Waals surface area (Å²) in [6.07, 6.45) is 85.6. The van der Waals surface area contributed by atoms with Crippen molar-refractivity contribution in [3.8, 4) is 0 Å².